The van der Waals surface area contributed by atoms with Crippen molar-refractivity contribution >= 4 is 52.7 Å². The monoisotopic (exact) mass is 850 g/mol. The number of rotatable bonds is 14. The largest absolute Gasteiger partial charge is 0.478 e. The summed E-state index contributed by atoms with van der Waals surface area (Å²) >= 11 is 13.1. The zero-order chi connectivity index (χ0) is 43.0. The third-order valence-electron chi connectivity index (χ3n) is 15.6. The molecule has 4 saturated carbocycles. The smallest absolute Gasteiger partial charge is 0.339 e. The highest BCUT2D eigenvalue weighted by atomic mass is 35.5. The number of halogens is 2. The summed E-state index contributed by atoms with van der Waals surface area (Å²) in [7, 11) is 0. The predicted octanol–water partition coefficient (Wildman–Crippen LogP) is 13.2. The Labute approximate surface area is 360 Å². The molecule has 2 aromatic carbocycles. The fraction of sp³-hybridized carbons (Fsp3) is 0.633. The van der Waals surface area contributed by atoms with E-state index in [2.05, 4.69) is 34.6 Å². The lowest BCUT2D eigenvalue weighted by molar-refractivity contribution is -0.132. The minimum absolute atomic E-state index is 0.0865. The van der Waals surface area contributed by atoms with Crippen LogP contribution >= 0.6 is 23.2 Å². The highest BCUT2D eigenvalue weighted by Crippen LogP contribution is 2.69. The maximum absolute atomic E-state index is 12.4. The molecule has 0 amide bonds. The van der Waals surface area contributed by atoms with Gasteiger partial charge in [-0.15, -0.1) is 0 Å². The van der Waals surface area contributed by atoms with Gasteiger partial charge < -0.3 is 19.7 Å². The van der Waals surface area contributed by atoms with Crippen molar-refractivity contribution < 1.29 is 38.9 Å². The molecule has 4 aliphatic rings. The van der Waals surface area contributed by atoms with E-state index in [4.69, 9.17) is 32.7 Å². The Morgan fingerprint density at radius 1 is 0.763 bits per heavy atom. The van der Waals surface area contributed by atoms with Crippen molar-refractivity contribution in [3.05, 3.63) is 62.6 Å². The minimum atomic E-state index is -1.35. The molecule has 10 heteroatoms. The Kier molecular flexibility index (Phi) is 14.0. The molecular formula is C49H64Cl2O8. The van der Waals surface area contributed by atoms with Crippen LogP contribution in [0.4, 0.5) is 0 Å². The van der Waals surface area contributed by atoms with Crippen molar-refractivity contribution in [1.29, 1.82) is 0 Å². The summed E-state index contributed by atoms with van der Waals surface area (Å²) in [5, 5.41) is 20.1. The highest BCUT2D eigenvalue weighted by molar-refractivity contribution is 6.33. The Balaban J connectivity index is 1.22. The van der Waals surface area contributed by atoms with Gasteiger partial charge in [0.25, 0.3) is 0 Å². The third-order valence-corrected chi connectivity index (χ3v) is 16.1. The van der Waals surface area contributed by atoms with Gasteiger partial charge in [0.15, 0.2) is 11.5 Å². The van der Waals surface area contributed by atoms with Crippen LogP contribution in [-0.2, 0) is 9.59 Å². The summed E-state index contributed by atoms with van der Waals surface area (Å²) in [5.74, 6) is 1.48. The van der Waals surface area contributed by atoms with Gasteiger partial charge in [-0.25, -0.2) is 9.59 Å². The number of hydrogen-bond acceptors (Lipinski definition) is 6. The van der Waals surface area contributed by atoms with E-state index < -0.39 is 23.9 Å². The molecule has 8 nitrogen and oxygen atoms in total. The highest BCUT2D eigenvalue weighted by Gasteiger charge is 2.60. The fourth-order valence-corrected chi connectivity index (χ4v) is 13.3. The first-order valence-corrected chi connectivity index (χ1v) is 22.8. The molecule has 0 aromatic heterocycles. The van der Waals surface area contributed by atoms with Crippen LogP contribution in [0.2, 0.25) is 10.0 Å². The van der Waals surface area contributed by atoms with Crippen molar-refractivity contribution in [2.24, 2.45) is 58.2 Å². The Hall–Kier alpha value is -3.36. The number of carboxylic acid groups (broad SMARTS) is 2. The molecule has 9 atom stereocenters. The maximum Gasteiger partial charge on any atom is 0.339 e. The van der Waals surface area contributed by atoms with Crippen molar-refractivity contribution in [1.82, 2.24) is 0 Å². The van der Waals surface area contributed by atoms with Crippen LogP contribution in [-0.4, -0.2) is 34.1 Å². The van der Waals surface area contributed by atoms with Gasteiger partial charge in [-0.3, -0.25) is 9.59 Å². The molecule has 0 spiro atoms. The zero-order valence-electron chi connectivity index (χ0n) is 36.0. The first kappa shape index (κ1) is 45.2. The van der Waals surface area contributed by atoms with E-state index in [-0.39, 0.29) is 32.7 Å². The summed E-state index contributed by atoms with van der Waals surface area (Å²) in [6, 6.07) is 5.75. The summed E-state index contributed by atoms with van der Waals surface area (Å²) in [5.41, 5.74) is 1.49. The fourth-order valence-electron chi connectivity index (χ4n) is 12.8. The number of carboxylic acids is 2. The second-order valence-corrected chi connectivity index (χ2v) is 20.3. The lowest BCUT2D eigenvalue weighted by atomic mass is 9.44. The Morgan fingerprint density at radius 3 is 1.86 bits per heavy atom. The van der Waals surface area contributed by atoms with E-state index >= 15 is 0 Å². The number of esters is 2. The van der Waals surface area contributed by atoms with E-state index in [0.717, 1.165) is 62.2 Å². The predicted molar refractivity (Wildman–Crippen MR) is 232 cm³/mol. The molecule has 5 unspecified atom stereocenters. The van der Waals surface area contributed by atoms with Gasteiger partial charge in [0, 0.05) is 13.8 Å². The molecular weight excluding hydrogens is 787 g/mol. The molecule has 4 aliphatic carbocycles. The normalized spacial score (nSPS) is 29.1. The van der Waals surface area contributed by atoms with Crippen molar-refractivity contribution in [3.63, 3.8) is 0 Å². The average Bonchev–Trinajstić information content (AvgIpc) is 3.51. The molecule has 6 rings (SSSR count). The van der Waals surface area contributed by atoms with Gasteiger partial charge in [-0.05, 0) is 170 Å². The van der Waals surface area contributed by atoms with E-state index in [9.17, 15) is 29.4 Å². The van der Waals surface area contributed by atoms with Gasteiger partial charge in [0.2, 0.25) is 0 Å². The molecule has 59 heavy (non-hydrogen) atoms. The van der Waals surface area contributed by atoms with Crippen LogP contribution in [0.1, 0.15) is 170 Å². The van der Waals surface area contributed by atoms with Gasteiger partial charge >= 0.3 is 23.9 Å². The standard InChI is InChI=1S/C49H64Cl2O8/c1-27(2)10-8-11-28(3)39-16-17-40-36-15-14-34-22-31(18-20-48(34,6)41(36)19-21-49(39,40)7)12-9-13-35(32-23-37(46(54)55)44(42(50)25-32)58-29(4)52)33-24-38(47(56)57)45(43(51)26-33)59-30(5)53/h13,23-28,31,34,36,39-41H,8-12,14-22H2,1-7H3,(H,54,55)(H,56,57)/t28?,31-,34?,36?,39+,40?,41?,48-,49+/m0/s1. The van der Waals surface area contributed by atoms with Crippen LogP contribution in [0.15, 0.2) is 30.3 Å². The molecule has 0 aliphatic heterocycles. The van der Waals surface area contributed by atoms with E-state index in [1.165, 1.54) is 94.9 Å². The Morgan fingerprint density at radius 2 is 1.32 bits per heavy atom. The summed E-state index contributed by atoms with van der Waals surface area (Å²) < 4.78 is 10.4. The van der Waals surface area contributed by atoms with Crippen LogP contribution in [0.25, 0.3) is 5.57 Å². The number of hydrogen-bond donors (Lipinski definition) is 2. The van der Waals surface area contributed by atoms with Crippen LogP contribution in [0.3, 0.4) is 0 Å². The number of ether oxygens (including phenoxy) is 2. The number of carbonyl (C=O) groups is 4. The lowest BCUT2D eigenvalue weighted by Crippen LogP contribution is -2.53. The van der Waals surface area contributed by atoms with Crippen LogP contribution < -0.4 is 9.47 Å². The maximum atomic E-state index is 12.4. The molecule has 2 aromatic rings. The molecule has 4 fully saturated rings. The first-order valence-electron chi connectivity index (χ1n) is 22.0. The summed E-state index contributed by atoms with van der Waals surface area (Å²) in [6.45, 7) is 14.9. The molecule has 0 radical (unpaired) electrons. The van der Waals surface area contributed by atoms with Crippen molar-refractivity contribution in [3.8, 4) is 11.5 Å². The summed E-state index contributed by atoms with van der Waals surface area (Å²) in [6.07, 6.45) is 19.4. The quantitative estimate of drug-likeness (QED) is 0.142. The second-order valence-electron chi connectivity index (χ2n) is 19.5. The topological polar surface area (TPSA) is 127 Å². The molecule has 0 saturated heterocycles. The lowest BCUT2D eigenvalue weighted by Gasteiger charge is -2.61. The third kappa shape index (κ3) is 9.44. The zero-order valence-corrected chi connectivity index (χ0v) is 37.5. The number of carbonyl (C=O) groups excluding carboxylic acids is 2. The number of fused-ring (bicyclic) bond motifs is 5. The number of benzene rings is 2. The Bertz CT molecular complexity index is 1880. The van der Waals surface area contributed by atoms with E-state index in [1.807, 2.05) is 6.08 Å². The van der Waals surface area contributed by atoms with Gasteiger partial charge in [0.05, 0.1) is 10.0 Å². The second kappa shape index (κ2) is 18.3. The van der Waals surface area contributed by atoms with E-state index in [0.29, 0.717) is 45.8 Å². The van der Waals surface area contributed by atoms with Crippen molar-refractivity contribution in [2.75, 3.05) is 0 Å². The van der Waals surface area contributed by atoms with Gasteiger partial charge in [-0.1, -0.05) is 83.2 Å². The van der Waals surface area contributed by atoms with Crippen molar-refractivity contribution in [2.45, 2.75) is 138 Å². The van der Waals surface area contributed by atoms with Crippen LogP contribution in [0.5, 0.6) is 11.5 Å². The van der Waals surface area contributed by atoms with Gasteiger partial charge in [0.1, 0.15) is 11.1 Å². The minimum Gasteiger partial charge on any atom is -0.478 e. The van der Waals surface area contributed by atoms with E-state index in [1.54, 1.807) is 0 Å². The van der Waals surface area contributed by atoms with Crippen LogP contribution in [0, 0.1) is 58.2 Å². The molecule has 0 bridgehead atoms. The molecule has 0 heterocycles. The first-order chi connectivity index (χ1) is 27.8. The SMILES string of the molecule is CC(=O)Oc1c(Cl)cc(C(=CCC[C@H]2CC[C@@]3(C)C(CCC4C3CC[C@@]3(C)C4CC[C@@H]3C(C)CCCC(C)C)C2)c2cc(Cl)c(OC(C)=O)c(C(=O)O)c2)cc1C(=O)O. The molecule has 322 valence electrons. The summed E-state index contributed by atoms with van der Waals surface area (Å²) in [4.78, 5) is 48.5. The molecule has 2 N–H and O–H groups in total. The average molecular weight is 852 g/mol. The number of allylic oxidation sites excluding steroid dienone is 1. The number of aromatic carboxylic acids is 2. The van der Waals surface area contributed by atoms with Gasteiger partial charge in [-0.2, -0.15) is 0 Å².